The van der Waals surface area contributed by atoms with Gasteiger partial charge in [-0.15, -0.1) is 11.3 Å². The molecular formula is C9H12BrNO2S2. The highest BCUT2D eigenvalue weighted by Crippen LogP contribution is 2.44. The molecule has 3 nitrogen and oxygen atoms in total. The van der Waals surface area contributed by atoms with Crippen LogP contribution in [-0.4, -0.2) is 19.7 Å². The van der Waals surface area contributed by atoms with Gasteiger partial charge >= 0.3 is 0 Å². The average Bonchev–Trinajstić information content (AvgIpc) is 2.50. The maximum Gasteiger partial charge on any atom is 0.194 e. The van der Waals surface area contributed by atoms with Gasteiger partial charge in [-0.3, -0.25) is 0 Å². The largest absolute Gasteiger partial charge is 0.329 e. The predicted octanol–water partition coefficient (Wildman–Crippen LogP) is 2.17. The maximum atomic E-state index is 12.3. The number of hydrogen-bond donors (Lipinski definition) is 1. The molecular weight excluding hydrogens is 298 g/mol. The van der Waals surface area contributed by atoms with Gasteiger partial charge in [-0.05, 0) is 40.9 Å². The van der Waals surface area contributed by atoms with Crippen molar-refractivity contribution in [3.05, 3.63) is 15.9 Å². The van der Waals surface area contributed by atoms with E-state index in [-0.39, 0.29) is 6.54 Å². The molecule has 0 bridgehead atoms. The van der Waals surface area contributed by atoms with Crippen molar-refractivity contribution in [2.24, 2.45) is 5.73 Å². The number of rotatable bonds is 3. The second-order valence-electron chi connectivity index (χ2n) is 3.80. The van der Waals surface area contributed by atoms with Gasteiger partial charge in [0.2, 0.25) is 0 Å². The summed E-state index contributed by atoms with van der Waals surface area (Å²) in [6.45, 7) is 0.227. The van der Waals surface area contributed by atoms with Crippen LogP contribution in [-0.2, 0) is 9.84 Å². The van der Waals surface area contributed by atoms with Gasteiger partial charge in [0.1, 0.15) is 4.21 Å². The Balaban J connectivity index is 2.43. The smallest absolute Gasteiger partial charge is 0.194 e. The van der Waals surface area contributed by atoms with Crippen LogP contribution in [0.1, 0.15) is 19.3 Å². The zero-order valence-electron chi connectivity index (χ0n) is 8.07. The monoisotopic (exact) mass is 309 g/mol. The van der Waals surface area contributed by atoms with Crippen molar-refractivity contribution in [3.63, 3.8) is 0 Å². The fraction of sp³-hybridized carbons (Fsp3) is 0.556. The first-order chi connectivity index (χ1) is 7.02. The molecule has 84 valence electrons. The van der Waals surface area contributed by atoms with Gasteiger partial charge < -0.3 is 5.73 Å². The molecule has 0 aliphatic heterocycles. The molecule has 0 atom stereocenters. The SMILES string of the molecule is NCC1(S(=O)(=O)c2ccc(Br)s2)CCC1. The molecule has 0 amide bonds. The van der Waals surface area contributed by atoms with Crippen LogP contribution in [0, 0.1) is 0 Å². The molecule has 0 radical (unpaired) electrons. The van der Waals surface area contributed by atoms with Gasteiger partial charge in [0, 0.05) is 6.54 Å². The van der Waals surface area contributed by atoms with Crippen LogP contribution in [0.4, 0.5) is 0 Å². The van der Waals surface area contributed by atoms with E-state index in [0.717, 1.165) is 10.2 Å². The van der Waals surface area contributed by atoms with E-state index in [1.54, 1.807) is 12.1 Å². The topological polar surface area (TPSA) is 60.2 Å². The van der Waals surface area contributed by atoms with Crippen LogP contribution in [0.2, 0.25) is 0 Å². The fourth-order valence-corrected chi connectivity index (χ4v) is 6.21. The molecule has 1 aromatic heterocycles. The Morgan fingerprint density at radius 1 is 1.47 bits per heavy atom. The van der Waals surface area contributed by atoms with E-state index in [9.17, 15) is 8.42 Å². The normalized spacial score (nSPS) is 19.9. The van der Waals surface area contributed by atoms with E-state index in [2.05, 4.69) is 15.9 Å². The van der Waals surface area contributed by atoms with Crippen molar-refractivity contribution in [3.8, 4) is 0 Å². The van der Waals surface area contributed by atoms with Gasteiger partial charge in [-0.1, -0.05) is 6.42 Å². The zero-order valence-corrected chi connectivity index (χ0v) is 11.3. The van der Waals surface area contributed by atoms with Crippen LogP contribution >= 0.6 is 27.3 Å². The second kappa shape index (κ2) is 3.84. The molecule has 2 N–H and O–H groups in total. The Morgan fingerprint density at radius 3 is 2.47 bits per heavy atom. The average molecular weight is 310 g/mol. The number of thiophene rings is 1. The lowest BCUT2D eigenvalue weighted by Crippen LogP contribution is -2.50. The van der Waals surface area contributed by atoms with Crippen molar-refractivity contribution in [2.45, 2.75) is 28.2 Å². The minimum Gasteiger partial charge on any atom is -0.329 e. The fourth-order valence-electron chi connectivity index (χ4n) is 1.81. The van der Waals surface area contributed by atoms with Crippen molar-refractivity contribution >= 4 is 37.1 Å². The van der Waals surface area contributed by atoms with Crippen LogP contribution in [0.3, 0.4) is 0 Å². The van der Waals surface area contributed by atoms with E-state index in [1.807, 2.05) is 0 Å². The van der Waals surface area contributed by atoms with Crippen molar-refractivity contribution < 1.29 is 8.42 Å². The van der Waals surface area contributed by atoms with E-state index in [1.165, 1.54) is 11.3 Å². The minimum atomic E-state index is -3.23. The summed E-state index contributed by atoms with van der Waals surface area (Å²) in [5.41, 5.74) is 5.61. The van der Waals surface area contributed by atoms with Crippen LogP contribution in [0.5, 0.6) is 0 Å². The Kier molecular flexibility index (Phi) is 2.96. The van der Waals surface area contributed by atoms with Gasteiger partial charge in [-0.2, -0.15) is 0 Å². The molecule has 2 rings (SSSR count). The summed E-state index contributed by atoms with van der Waals surface area (Å²) in [6.07, 6.45) is 2.35. The minimum absolute atomic E-state index is 0.227. The standard InChI is InChI=1S/C9H12BrNO2S2/c10-7-2-3-8(14-7)15(12,13)9(6-11)4-1-5-9/h2-3H,1,4-6,11H2. The van der Waals surface area contributed by atoms with E-state index < -0.39 is 14.6 Å². The lowest BCUT2D eigenvalue weighted by Gasteiger charge is -2.39. The lowest BCUT2D eigenvalue weighted by molar-refractivity contribution is 0.344. The van der Waals surface area contributed by atoms with Gasteiger partial charge in [0.15, 0.2) is 9.84 Å². The molecule has 15 heavy (non-hydrogen) atoms. The van der Waals surface area contributed by atoms with Crippen LogP contribution in [0.15, 0.2) is 20.1 Å². The van der Waals surface area contributed by atoms with Crippen molar-refractivity contribution in [2.75, 3.05) is 6.54 Å². The third kappa shape index (κ3) is 1.67. The first-order valence-electron chi connectivity index (χ1n) is 4.72. The molecule has 0 aromatic carbocycles. The van der Waals surface area contributed by atoms with E-state index >= 15 is 0 Å². The van der Waals surface area contributed by atoms with Crippen molar-refractivity contribution in [1.82, 2.24) is 0 Å². The highest BCUT2D eigenvalue weighted by atomic mass is 79.9. The van der Waals surface area contributed by atoms with Crippen LogP contribution < -0.4 is 5.73 Å². The zero-order chi connectivity index (χ0) is 11.1. The number of sulfone groups is 1. The summed E-state index contributed by atoms with van der Waals surface area (Å²) in [6, 6.07) is 3.42. The van der Waals surface area contributed by atoms with Crippen LogP contribution in [0.25, 0.3) is 0 Å². The molecule has 1 heterocycles. The Morgan fingerprint density at radius 2 is 2.13 bits per heavy atom. The molecule has 1 aliphatic rings. The highest BCUT2D eigenvalue weighted by molar-refractivity contribution is 9.11. The Bertz CT molecular complexity index is 457. The summed E-state index contributed by atoms with van der Waals surface area (Å²) >= 11 is 4.54. The Labute approximate surface area is 102 Å². The van der Waals surface area contributed by atoms with Gasteiger partial charge in [0.05, 0.1) is 8.53 Å². The molecule has 0 saturated heterocycles. The molecule has 1 fully saturated rings. The second-order valence-corrected chi connectivity index (χ2v) is 8.84. The quantitative estimate of drug-likeness (QED) is 0.931. The highest BCUT2D eigenvalue weighted by Gasteiger charge is 2.48. The predicted molar refractivity (Wildman–Crippen MR) is 64.8 cm³/mol. The van der Waals surface area contributed by atoms with Gasteiger partial charge in [-0.25, -0.2) is 8.42 Å². The molecule has 1 saturated carbocycles. The lowest BCUT2D eigenvalue weighted by atomic mass is 9.84. The summed E-state index contributed by atoms with van der Waals surface area (Å²) in [7, 11) is -3.23. The number of halogens is 1. The summed E-state index contributed by atoms with van der Waals surface area (Å²) < 4.78 is 25.2. The Hall–Kier alpha value is 0.0900. The molecule has 1 aromatic rings. The third-order valence-electron chi connectivity index (χ3n) is 3.02. The molecule has 0 spiro atoms. The molecule has 6 heteroatoms. The van der Waals surface area contributed by atoms with Crippen molar-refractivity contribution in [1.29, 1.82) is 0 Å². The van der Waals surface area contributed by atoms with E-state index in [0.29, 0.717) is 17.1 Å². The summed E-state index contributed by atoms with van der Waals surface area (Å²) in [5.74, 6) is 0. The molecule has 1 aliphatic carbocycles. The number of nitrogens with two attached hydrogens (primary N) is 1. The summed E-state index contributed by atoms with van der Waals surface area (Å²) in [5, 5.41) is 0. The van der Waals surface area contributed by atoms with Gasteiger partial charge in [0.25, 0.3) is 0 Å². The third-order valence-corrected chi connectivity index (χ3v) is 7.73. The first-order valence-corrected chi connectivity index (χ1v) is 7.81. The summed E-state index contributed by atoms with van der Waals surface area (Å²) in [4.78, 5) is 0. The molecule has 0 unspecified atom stereocenters. The maximum absolute atomic E-state index is 12.3. The van der Waals surface area contributed by atoms with E-state index in [4.69, 9.17) is 5.73 Å². The first kappa shape index (κ1) is 11.6. The number of hydrogen-bond acceptors (Lipinski definition) is 4.